The number of aryl methyl sites for hydroxylation is 1. The Bertz CT molecular complexity index is 795. The summed E-state index contributed by atoms with van der Waals surface area (Å²) in [5, 5.41) is 0.854. The van der Waals surface area contributed by atoms with Crippen molar-refractivity contribution >= 4 is 17.3 Å². The Morgan fingerprint density at radius 1 is 1.20 bits per heavy atom. The molecule has 4 nitrogen and oxygen atoms in total. The van der Waals surface area contributed by atoms with E-state index in [1.807, 2.05) is 18.3 Å². The van der Waals surface area contributed by atoms with Gasteiger partial charge in [-0.05, 0) is 43.4 Å². The highest BCUT2D eigenvalue weighted by Crippen LogP contribution is 2.25. The summed E-state index contributed by atoms with van der Waals surface area (Å²) in [4.78, 5) is 16.5. The molecular formula is C20H23ClN4. The van der Waals surface area contributed by atoms with E-state index in [4.69, 9.17) is 16.6 Å². The van der Waals surface area contributed by atoms with Gasteiger partial charge in [-0.15, -0.1) is 0 Å². The minimum absolute atomic E-state index is 0.842. The highest BCUT2D eigenvalue weighted by Gasteiger charge is 2.21. The predicted molar refractivity (Wildman–Crippen MR) is 101 cm³/mol. The van der Waals surface area contributed by atoms with E-state index in [1.54, 1.807) is 0 Å². The third-order valence-corrected chi connectivity index (χ3v) is 5.48. The zero-order valence-corrected chi connectivity index (χ0v) is 15.4. The van der Waals surface area contributed by atoms with E-state index < -0.39 is 0 Å². The molecule has 2 aromatic rings. The first-order valence-electron chi connectivity index (χ1n) is 9.05. The zero-order valence-electron chi connectivity index (χ0n) is 14.6. The van der Waals surface area contributed by atoms with Gasteiger partial charge in [0.05, 0.1) is 11.4 Å². The molecule has 0 bridgehead atoms. The summed E-state index contributed by atoms with van der Waals surface area (Å²) in [6.45, 7) is 5.80. The van der Waals surface area contributed by atoms with Crippen molar-refractivity contribution in [3.8, 4) is 0 Å². The van der Waals surface area contributed by atoms with Crippen molar-refractivity contribution in [2.45, 2.75) is 45.7 Å². The van der Waals surface area contributed by atoms with E-state index in [2.05, 4.69) is 27.9 Å². The quantitative estimate of drug-likeness (QED) is 0.837. The van der Waals surface area contributed by atoms with Crippen molar-refractivity contribution in [3.05, 3.63) is 57.6 Å². The van der Waals surface area contributed by atoms with Gasteiger partial charge in [-0.1, -0.05) is 23.7 Å². The molecule has 4 rings (SSSR count). The van der Waals surface area contributed by atoms with Gasteiger partial charge in [-0.25, -0.2) is 9.97 Å². The largest absolute Gasteiger partial charge is 0.294 e. The van der Waals surface area contributed by atoms with E-state index >= 15 is 0 Å². The SMILES string of the molecule is Cc1cccc(Cl)c1CN1CCc2nc(C3=NCCCC3)ncc2C1. The molecular weight excluding hydrogens is 332 g/mol. The number of nitrogens with zero attached hydrogens (tertiary/aromatic N) is 4. The van der Waals surface area contributed by atoms with Crippen LogP contribution in [0.4, 0.5) is 0 Å². The van der Waals surface area contributed by atoms with Crippen LogP contribution in [0.5, 0.6) is 0 Å². The maximum Gasteiger partial charge on any atom is 0.173 e. The van der Waals surface area contributed by atoms with Gasteiger partial charge >= 0.3 is 0 Å². The maximum atomic E-state index is 6.39. The summed E-state index contributed by atoms with van der Waals surface area (Å²) in [5.41, 5.74) is 5.98. The molecule has 2 aliphatic heterocycles. The van der Waals surface area contributed by atoms with Crippen LogP contribution in [0.1, 0.15) is 47.5 Å². The summed E-state index contributed by atoms with van der Waals surface area (Å²) in [6, 6.07) is 6.11. The first kappa shape index (κ1) is 16.7. The number of aliphatic imine (C=N–C) groups is 1. The maximum absolute atomic E-state index is 6.39. The Morgan fingerprint density at radius 2 is 2.12 bits per heavy atom. The molecule has 3 heterocycles. The molecule has 0 saturated heterocycles. The molecule has 1 aromatic carbocycles. The molecule has 0 radical (unpaired) electrons. The standard InChI is InChI=1S/C20H23ClN4/c1-14-5-4-6-17(21)16(14)13-25-10-8-18-15(12-25)11-23-20(24-18)19-7-2-3-9-22-19/h4-6,11H,2-3,7-10,12-13H2,1H3. The van der Waals surface area contributed by atoms with Gasteiger partial charge in [0.2, 0.25) is 0 Å². The normalized spacial score (nSPS) is 17.9. The van der Waals surface area contributed by atoms with Crippen LogP contribution >= 0.6 is 11.6 Å². The number of benzene rings is 1. The van der Waals surface area contributed by atoms with E-state index in [0.717, 1.165) is 55.6 Å². The second kappa shape index (κ2) is 7.22. The second-order valence-corrected chi connectivity index (χ2v) is 7.35. The van der Waals surface area contributed by atoms with Gasteiger partial charge in [0.25, 0.3) is 0 Å². The first-order chi connectivity index (χ1) is 12.2. The van der Waals surface area contributed by atoms with Gasteiger partial charge in [-0.3, -0.25) is 9.89 Å². The Kier molecular flexibility index (Phi) is 4.82. The topological polar surface area (TPSA) is 41.4 Å². The minimum atomic E-state index is 0.842. The fourth-order valence-electron chi connectivity index (χ4n) is 3.62. The predicted octanol–water partition coefficient (Wildman–Crippen LogP) is 3.97. The molecule has 25 heavy (non-hydrogen) atoms. The average molecular weight is 355 g/mol. The number of aromatic nitrogens is 2. The molecule has 1 aromatic heterocycles. The smallest absolute Gasteiger partial charge is 0.173 e. The second-order valence-electron chi connectivity index (χ2n) is 6.95. The molecule has 0 unspecified atom stereocenters. The molecule has 2 aliphatic rings. The van der Waals surface area contributed by atoms with Gasteiger partial charge in [0.1, 0.15) is 0 Å². The number of hydrogen-bond donors (Lipinski definition) is 0. The van der Waals surface area contributed by atoms with Crippen molar-refractivity contribution in [1.29, 1.82) is 0 Å². The van der Waals surface area contributed by atoms with Crippen LogP contribution < -0.4 is 0 Å². The minimum Gasteiger partial charge on any atom is -0.294 e. The van der Waals surface area contributed by atoms with Gasteiger partial charge < -0.3 is 0 Å². The lowest BCUT2D eigenvalue weighted by atomic mass is 10.0. The molecule has 5 heteroatoms. The van der Waals surface area contributed by atoms with Gasteiger partial charge in [0.15, 0.2) is 5.82 Å². The van der Waals surface area contributed by atoms with Gasteiger partial charge in [-0.2, -0.15) is 0 Å². The summed E-state index contributed by atoms with van der Waals surface area (Å²) < 4.78 is 0. The van der Waals surface area contributed by atoms with E-state index in [-0.39, 0.29) is 0 Å². The van der Waals surface area contributed by atoms with Crippen LogP contribution in [0.15, 0.2) is 29.4 Å². The summed E-state index contributed by atoms with van der Waals surface area (Å²) >= 11 is 6.39. The summed E-state index contributed by atoms with van der Waals surface area (Å²) in [5.74, 6) is 0.842. The Labute approximate surface area is 154 Å². The first-order valence-corrected chi connectivity index (χ1v) is 9.43. The van der Waals surface area contributed by atoms with Crippen LogP contribution in [0.2, 0.25) is 5.02 Å². The van der Waals surface area contributed by atoms with Crippen molar-refractivity contribution in [2.24, 2.45) is 4.99 Å². The van der Waals surface area contributed by atoms with Crippen LogP contribution in [-0.4, -0.2) is 33.7 Å². The summed E-state index contributed by atoms with van der Waals surface area (Å²) in [6.07, 6.45) is 6.36. The number of hydrogen-bond acceptors (Lipinski definition) is 4. The highest BCUT2D eigenvalue weighted by molar-refractivity contribution is 6.31. The molecule has 0 atom stereocenters. The van der Waals surface area contributed by atoms with Crippen LogP contribution in [0, 0.1) is 6.92 Å². The Morgan fingerprint density at radius 3 is 2.92 bits per heavy atom. The molecule has 0 saturated carbocycles. The molecule has 0 amide bonds. The summed E-state index contributed by atoms with van der Waals surface area (Å²) in [7, 11) is 0. The average Bonchev–Trinajstić information content (AvgIpc) is 2.65. The third kappa shape index (κ3) is 3.60. The van der Waals surface area contributed by atoms with Crippen LogP contribution in [-0.2, 0) is 19.5 Å². The monoisotopic (exact) mass is 354 g/mol. The van der Waals surface area contributed by atoms with E-state index in [1.165, 1.54) is 35.2 Å². The molecule has 0 aliphatic carbocycles. The molecule has 0 N–H and O–H groups in total. The lowest BCUT2D eigenvalue weighted by Crippen LogP contribution is -2.31. The van der Waals surface area contributed by atoms with Gasteiger partial charge in [0, 0.05) is 49.4 Å². The molecule has 0 spiro atoms. The Balaban J connectivity index is 1.51. The van der Waals surface area contributed by atoms with Crippen molar-refractivity contribution in [1.82, 2.24) is 14.9 Å². The van der Waals surface area contributed by atoms with Crippen molar-refractivity contribution < 1.29 is 0 Å². The third-order valence-electron chi connectivity index (χ3n) is 5.13. The Hall–Kier alpha value is -1.78. The van der Waals surface area contributed by atoms with Crippen molar-refractivity contribution in [3.63, 3.8) is 0 Å². The van der Waals surface area contributed by atoms with Crippen molar-refractivity contribution in [2.75, 3.05) is 13.1 Å². The molecule has 0 fully saturated rings. The lowest BCUT2D eigenvalue weighted by molar-refractivity contribution is 0.242. The van der Waals surface area contributed by atoms with Crippen LogP contribution in [0.25, 0.3) is 0 Å². The fourth-order valence-corrected chi connectivity index (χ4v) is 3.90. The van der Waals surface area contributed by atoms with E-state index in [0.29, 0.717) is 0 Å². The number of rotatable bonds is 3. The van der Waals surface area contributed by atoms with E-state index in [9.17, 15) is 0 Å². The highest BCUT2D eigenvalue weighted by atomic mass is 35.5. The molecule has 130 valence electrons. The zero-order chi connectivity index (χ0) is 17.2. The van der Waals surface area contributed by atoms with Crippen LogP contribution in [0.3, 0.4) is 0 Å². The fraction of sp³-hybridized carbons (Fsp3) is 0.450. The number of fused-ring (bicyclic) bond motifs is 1. The lowest BCUT2D eigenvalue weighted by Gasteiger charge is -2.29. The number of halogens is 1.